The van der Waals surface area contributed by atoms with Gasteiger partial charge in [0.2, 0.25) is 0 Å². The summed E-state index contributed by atoms with van der Waals surface area (Å²) in [6.07, 6.45) is 0.484. The van der Waals surface area contributed by atoms with Crippen LogP contribution >= 0.6 is 11.3 Å². The van der Waals surface area contributed by atoms with Gasteiger partial charge in [-0.1, -0.05) is 0 Å². The number of nitrogens with one attached hydrogen (secondary N) is 1. The lowest BCUT2D eigenvalue weighted by Gasteiger charge is -2.18. The number of nitrogens with zero attached hydrogens (tertiary/aromatic N) is 1. The Morgan fingerprint density at radius 3 is 2.88 bits per heavy atom. The van der Waals surface area contributed by atoms with Gasteiger partial charge in [-0.3, -0.25) is 5.32 Å². The molecule has 16 heavy (non-hydrogen) atoms. The molecule has 0 fully saturated rings. The van der Waals surface area contributed by atoms with E-state index in [9.17, 15) is 9.59 Å². The van der Waals surface area contributed by atoms with Gasteiger partial charge in [0.15, 0.2) is 5.13 Å². The minimum absolute atomic E-state index is 0.256. The van der Waals surface area contributed by atoms with Crippen LogP contribution in [-0.4, -0.2) is 23.0 Å². The van der Waals surface area contributed by atoms with Crippen LogP contribution in [-0.2, 0) is 16.0 Å². The minimum Gasteiger partial charge on any atom is -0.444 e. The van der Waals surface area contributed by atoms with E-state index in [2.05, 4.69) is 10.3 Å². The van der Waals surface area contributed by atoms with Crippen LogP contribution in [0.1, 0.15) is 26.5 Å². The highest BCUT2D eigenvalue weighted by Gasteiger charge is 2.17. The molecule has 88 valence electrons. The molecule has 0 saturated carbocycles. The average molecular weight is 242 g/mol. The summed E-state index contributed by atoms with van der Waals surface area (Å²) in [6, 6.07) is 0. The Hall–Kier alpha value is -1.43. The van der Waals surface area contributed by atoms with Gasteiger partial charge >= 0.3 is 6.09 Å². The first-order valence-electron chi connectivity index (χ1n) is 4.79. The van der Waals surface area contributed by atoms with Crippen molar-refractivity contribution in [2.45, 2.75) is 32.8 Å². The minimum atomic E-state index is -0.542. The third-order valence-electron chi connectivity index (χ3n) is 1.45. The number of aldehydes is 1. The summed E-state index contributed by atoms with van der Waals surface area (Å²) in [7, 11) is 0. The normalized spacial score (nSPS) is 10.9. The lowest BCUT2D eigenvalue weighted by atomic mass is 10.2. The maximum Gasteiger partial charge on any atom is 0.413 e. The van der Waals surface area contributed by atoms with Crippen molar-refractivity contribution in [2.75, 3.05) is 5.32 Å². The number of hydrogen-bond donors (Lipinski definition) is 1. The van der Waals surface area contributed by atoms with Crippen LogP contribution in [0.3, 0.4) is 0 Å². The Labute approximate surface area is 97.8 Å². The summed E-state index contributed by atoms with van der Waals surface area (Å²) in [6.45, 7) is 5.35. The quantitative estimate of drug-likeness (QED) is 0.825. The van der Waals surface area contributed by atoms with E-state index in [4.69, 9.17) is 4.74 Å². The van der Waals surface area contributed by atoms with Crippen molar-refractivity contribution in [1.82, 2.24) is 4.98 Å². The summed E-state index contributed by atoms with van der Waals surface area (Å²) in [5.41, 5.74) is 0.110. The number of ether oxygens (including phenoxy) is 1. The van der Waals surface area contributed by atoms with Crippen molar-refractivity contribution in [1.29, 1.82) is 0 Å². The van der Waals surface area contributed by atoms with Gasteiger partial charge in [-0.05, 0) is 20.8 Å². The molecule has 1 rings (SSSR count). The third-order valence-corrected chi connectivity index (χ3v) is 2.26. The number of aromatic nitrogens is 1. The van der Waals surface area contributed by atoms with Gasteiger partial charge in [0.1, 0.15) is 11.9 Å². The molecule has 1 heterocycles. The van der Waals surface area contributed by atoms with E-state index < -0.39 is 11.7 Å². The summed E-state index contributed by atoms with van der Waals surface area (Å²) in [4.78, 5) is 25.7. The molecule has 1 amide bonds. The molecule has 0 aliphatic rings. The fourth-order valence-corrected chi connectivity index (χ4v) is 1.64. The summed E-state index contributed by atoms with van der Waals surface area (Å²) >= 11 is 1.26. The highest BCUT2D eigenvalue weighted by atomic mass is 32.1. The first kappa shape index (κ1) is 12.6. The zero-order valence-corrected chi connectivity index (χ0v) is 10.3. The average Bonchev–Trinajstić information content (AvgIpc) is 2.49. The Balaban J connectivity index is 2.53. The summed E-state index contributed by atoms with van der Waals surface area (Å²) < 4.78 is 5.06. The number of carbonyl (C=O) groups excluding carboxylic acids is 2. The molecular weight excluding hydrogens is 228 g/mol. The molecule has 0 aliphatic heterocycles. The largest absolute Gasteiger partial charge is 0.444 e. The van der Waals surface area contributed by atoms with Gasteiger partial charge in [0.25, 0.3) is 0 Å². The van der Waals surface area contributed by atoms with Crippen LogP contribution in [0, 0.1) is 0 Å². The van der Waals surface area contributed by atoms with E-state index in [1.165, 1.54) is 11.3 Å². The van der Waals surface area contributed by atoms with Crippen LogP contribution in [0.2, 0.25) is 0 Å². The van der Waals surface area contributed by atoms with E-state index in [0.717, 1.165) is 6.29 Å². The number of carbonyl (C=O) groups is 2. The van der Waals surface area contributed by atoms with Crippen LogP contribution in [0.4, 0.5) is 9.93 Å². The van der Waals surface area contributed by atoms with E-state index in [-0.39, 0.29) is 6.42 Å². The van der Waals surface area contributed by atoms with Crippen molar-refractivity contribution in [3.05, 3.63) is 11.1 Å². The van der Waals surface area contributed by atoms with E-state index in [0.29, 0.717) is 10.8 Å². The molecule has 0 unspecified atom stereocenters. The molecule has 0 spiro atoms. The predicted octanol–water partition coefficient (Wildman–Crippen LogP) is 2.23. The Kier molecular flexibility index (Phi) is 4.00. The Bertz CT molecular complexity index is 382. The highest BCUT2D eigenvalue weighted by molar-refractivity contribution is 7.13. The standard InChI is InChI=1S/C10H14N2O3S/c1-10(2,3)15-9(14)12-8-11-7(4-5-13)6-16-8/h5-6H,4H2,1-3H3,(H,11,12,14). The molecule has 0 atom stereocenters. The zero-order chi connectivity index (χ0) is 12.2. The first-order chi connectivity index (χ1) is 7.40. The first-order valence-corrected chi connectivity index (χ1v) is 5.67. The van der Waals surface area contributed by atoms with Crippen molar-refractivity contribution in [3.8, 4) is 0 Å². The van der Waals surface area contributed by atoms with Crippen LogP contribution in [0.15, 0.2) is 5.38 Å². The number of hydrogen-bond acceptors (Lipinski definition) is 5. The molecule has 0 saturated heterocycles. The summed E-state index contributed by atoms with van der Waals surface area (Å²) in [5.74, 6) is 0. The lowest BCUT2D eigenvalue weighted by Crippen LogP contribution is -2.27. The van der Waals surface area contributed by atoms with Gasteiger partial charge in [-0.15, -0.1) is 11.3 Å². The van der Waals surface area contributed by atoms with E-state index in [1.807, 2.05) is 0 Å². The van der Waals surface area contributed by atoms with Crippen LogP contribution in [0.5, 0.6) is 0 Å². The molecule has 0 aromatic carbocycles. The molecule has 0 radical (unpaired) electrons. The highest BCUT2D eigenvalue weighted by Crippen LogP contribution is 2.16. The third kappa shape index (κ3) is 4.39. The number of thiazole rings is 1. The molecule has 5 nitrogen and oxygen atoms in total. The smallest absolute Gasteiger partial charge is 0.413 e. The molecule has 6 heteroatoms. The van der Waals surface area contributed by atoms with Crippen LogP contribution < -0.4 is 5.32 Å². The number of rotatable bonds is 3. The second kappa shape index (κ2) is 5.07. The SMILES string of the molecule is CC(C)(C)OC(=O)Nc1nc(CC=O)cs1. The summed E-state index contributed by atoms with van der Waals surface area (Å²) in [5, 5.41) is 4.67. The molecule has 0 aliphatic carbocycles. The van der Waals surface area contributed by atoms with Crippen molar-refractivity contribution in [3.63, 3.8) is 0 Å². The zero-order valence-electron chi connectivity index (χ0n) is 9.44. The van der Waals surface area contributed by atoms with Crippen molar-refractivity contribution < 1.29 is 14.3 Å². The van der Waals surface area contributed by atoms with Crippen molar-refractivity contribution in [2.24, 2.45) is 0 Å². The monoisotopic (exact) mass is 242 g/mol. The van der Waals surface area contributed by atoms with Gasteiger partial charge in [-0.25, -0.2) is 9.78 Å². The van der Waals surface area contributed by atoms with Crippen molar-refractivity contribution >= 4 is 28.8 Å². The van der Waals surface area contributed by atoms with Gasteiger partial charge in [0, 0.05) is 11.8 Å². The fourth-order valence-electron chi connectivity index (χ4n) is 0.934. The molecule has 1 N–H and O–H groups in total. The molecular formula is C10H14N2O3S. The van der Waals surface area contributed by atoms with E-state index in [1.54, 1.807) is 26.2 Å². The van der Waals surface area contributed by atoms with E-state index >= 15 is 0 Å². The predicted molar refractivity (Wildman–Crippen MR) is 61.7 cm³/mol. The fraction of sp³-hybridized carbons (Fsp3) is 0.500. The van der Waals surface area contributed by atoms with Gasteiger partial charge in [-0.2, -0.15) is 0 Å². The maximum absolute atomic E-state index is 11.4. The second-order valence-electron chi connectivity index (χ2n) is 4.14. The topological polar surface area (TPSA) is 68.3 Å². The van der Waals surface area contributed by atoms with Gasteiger partial charge < -0.3 is 9.53 Å². The second-order valence-corrected chi connectivity index (χ2v) is 5.00. The Morgan fingerprint density at radius 2 is 2.31 bits per heavy atom. The number of amides is 1. The van der Waals surface area contributed by atoms with Gasteiger partial charge in [0.05, 0.1) is 5.69 Å². The van der Waals surface area contributed by atoms with Crippen LogP contribution in [0.25, 0.3) is 0 Å². The molecule has 0 bridgehead atoms. The Morgan fingerprint density at radius 1 is 1.62 bits per heavy atom. The lowest BCUT2D eigenvalue weighted by molar-refractivity contribution is -0.107. The number of anilines is 1. The molecule has 1 aromatic rings. The molecule has 1 aromatic heterocycles. The maximum atomic E-state index is 11.4.